The highest BCUT2D eigenvalue weighted by Gasteiger charge is 2.46. The Labute approximate surface area is 157 Å². The molecule has 0 bridgehead atoms. The molecule has 1 spiro atoms. The van der Waals surface area contributed by atoms with Crippen molar-refractivity contribution in [2.45, 2.75) is 43.7 Å². The van der Waals surface area contributed by atoms with Gasteiger partial charge in [-0.2, -0.15) is 4.98 Å². The Morgan fingerprint density at radius 3 is 2.77 bits per heavy atom. The lowest BCUT2D eigenvalue weighted by atomic mass is 9.84. The molecule has 3 heterocycles. The average molecular weight is 376 g/mol. The van der Waals surface area contributed by atoms with Gasteiger partial charge in [-0.3, -0.25) is 4.79 Å². The van der Waals surface area contributed by atoms with Crippen LogP contribution in [-0.2, 0) is 11.3 Å². The molecule has 8 heteroatoms. The number of carbonyl (C=O) groups excluding carboxylic acids is 1. The monoisotopic (exact) mass is 375 g/mol. The minimum Gasteiger partial charge on any atom is -0.369 e. The molecule has 0 unspecified atom stereocenters. The van der Waals surface area contributed by atoms with Crippen LogP contribution >= 0.6 is 12.4 Å². The predicted molar refractivity (Wildman–Crippen MR) is 99.6 cm³/mol. The summed E-state index contributed by atoms with van der Waals surface area (Å²) in [6.07, 6.45) is 3.78. The second kappa shape index (κ2) is 6.55. The lowest BCUT2D eigenvalue weighted by Crippen LogP contribution is -2.61. The lowest BCUT2D eigenvalue weighted by Gasteiger charge is -2.45. The number of nitrogens with zero attached hydrogens (tertiary/aromatic N) is 3. The number of halogens is 1. The number of anilines is 2. The number of hydrogen-bond acceptors (Lipinski definition) is 6. The van der Waals surface area contributed by atoms with Crippen LogP contribution in [0.3, 0.4) is 0 Å². The number of piperidine rings is 1. The highest BCUT2D eigenvalue weighted by Crippen LogP contribution is 2.41. The summed E-state index contributed by atoms with van der Waals surface area (Å²) in [5.74, 6) is 1.81. The van der Waals surface area contributed by atoms with E-state index < -0.39 is 5.54 Å². The van der Waals surface area contributed by atoms with Crippen LogP contribution in [0.4, 0.5) is 11.4 Å². The van der Waals surface area contributed by atoms with E-state index in [2.05, 4.69) is 20.8 Å². The molecule has 7 nitrogen and oxygen atoms in total. The van der Waals surface area contributed by atoms with Crippen LogP contribution in [0.15, 0.2) is 28.8 Å². The first-order valence-corrected chi connectivity index (χ1v) is 8.98. The molecule has 1 saturated heterocycles. The largest absolute Gasteiger partial charge is 0.369 e. The number of amides is 1. The maximum absolute atomic E-state index is 13.4. The standard InChI is InChI=1S/C18H21N5O2.ClH/c24-17-18(7-9-19-10-8-18)21-13-3-1-2-4-14(13)23(17)11-15-20-16(25-22-15)12-5-6-12;/h1-4,12,19,21H,5-11H2;1H. The fourth-order valence-corrected chi connectivity index (χ4v) is 3.81. The molecule has 5 rings (SSSR count). The van der Waals surface area contributed by atoms with Gasteiger partial charge in [0, 0.05) is 5.92 Å². The first-order chi connectivity index (χ1) is 12.3. The van der Waals surface area contributed by atoms with Gasteiger partial charge in [-0.1, -0.05) is 17.3 Å². The van der Waals surface area contributed by atoms with Crippen molar-refractivity contribution in [3.63, 3.8) is 0 Å². The molecule has 1 aromatic carbocycles. The van der Waals surface area contributed by atoms with E-state index in [4.69, 9.17) is 4.52 Å². The number of aromatic nitrogens is 2. The molecular formula is C18H22ClN5O2. The number of benzene rings is 1. The molecule has 138 valence electrons. The number of nitrogens with one attached hydrogen (secondary N) is 2. The van der Waals surface area contributed by atoms with E-state index in [0.717, 1.165) is 50.1 Å². The molecule has 2 aromatic rings. The van der Waals surface area contributed by atoms with Gasteiger partial charge in [0.15, 0.2) is 5.82 Å². The maximum Gasteiger partial charge on any atom is 0.253 e. The quantitative estimate of drug-likeness (QED) is 0.857. The van der Waals surface area contributed by atoms with E-state index in [1.807, 2.05) is 29.2 Å². The van der Waals surface area contributed by atoms with Gasteiger partial charge in [0.25, 0.3) is 5.91 Å². The molecular weight excluding hydrogens is 354 g/mol. The van der Waals surface area contributed by atoms with Crippen LogP contribution in [0.5, 0.6) is 0 Å². The second-order valence-electron chi connectivity index (χ2n) is 7.19. The fraction of sp³-hybridized carbons (Fsp3) is 0.500. The topological polar surface area (TPSA) is 83.3 Å². The Hall–Kier alpha value is -2.12. The zero-order valence-electron chi connectivity index (χ0n) is 14.4. The van der Waals surface area contributed by atoms with Crippen LogP contribution in [0.2, 0.25) is 0 Å². The summed E-state index contributed by atoms with van der Waals surface area (Å²) >= 11 is 0. The third-order valence-electron chi connectivity index (χ3n) is 5.39. The van der Waals surface area contributed by atoms with Crippen molar-refractivity contribution in [3.8, 4) is 0 Å². The Bertz CT molecular complexity index is 813. The van der Waals surface area contributed by atoms with Crippen molar-refractivity contribution in [2.75, 3.05) is 23.3 Å². The number of para-hydroxylation sites is 2. The van der Waals surface area contributed by atoms with E-state index in [-0.39, 0.29) is 18.3 Å². The zero-order valence-corrected chi connectivity index (χ0v) is 15.2. The van der Waals surface area contributed by atoms with Gasteiger partial charge in [0.1, 0.15) is 5.54 Å². The van der Waals surface area contributed by atoms with Crippen molar-refractivity contribution in [3.05, 3.63) is 36.0 Å². The van der Waals surface area contributed by atoms with Crippen molar-refractivity contribution >= 4 is 29.7 Å². The first kappa shape index (κ1) is 17.3. The summed E-state index contributed by atoms with van der Waals surface area (Å²) in [4.78, 5) is 19.7. The van der Waals surface area contributed by atoms with Crippen LogP contribution in [0, 0.1) is 0 Å². The summed E-state index contributed by atoms with van der Waals surface area (Å²) in [5.41, 5.74) is 1.34. The third-order valence-corrected chi connectivity index (χ3v) is 5.39. The van der Waals surface area contributed by atoms with Gasteiger partial charge in [-0.05, 0) is 50.9 Å². The normalized spacial score (nSPS) is 21.1. The molecule has 1 aromatic heterocycles. The molecule has 1 aliphatic carbocycles. The van der Waals surface area contributed by atoms with E-state index in [9.17, 15) is 4.79 Å². The van der Waals surface area contributed by atoms with E-state index in [1.54, 1.807) is 0 Å². The van der Waals surface area contributed by atoms with Gasteiger partial charge >= 0.3 is 0 Å². The summed E-state index contributed by atoms with van der Waals surface area (Å²) in [7, 11) is 0. The zero-order chi connectivity index (χ0) is 16.9. The Balaban J connectivity index is 0.00000168. The van der Waals surface area contributed by atoms with Gasteiger partial charge in [0.05, 0.1) is 17.9 Å². The number of rotatable bonds is 3. The van der Waals surface area contributed by atoms with Crippen molar-refractivity contribution < 1.29 is 9.32 Å². The fourth-order valence-electron chi connectivity index (χ4n) is 3.81. The molecule has 0 radical (unpaired) electrons. The summed E-state index contributed by atoms with van der Waals surface area (Å²) in [5, 5.41) is 11.0. The molecule has 1 amide bonds. The van der Waals surface area contributed by atoms with E-state index in [0.29, 0.717) is 24.2 Å². The van der Waals surface area contributed by atoms with Crippen molar-refractivity contribution in [1.29, 1.82) is 0 Å². The highest BCUT2D eigenvalue weighted by atomic mass is 35.5. The molecule has 2 N–H and O–H groups in total. The molecule has 2 fully saturated rings. The van der Waals surface area contributed by atoms with Gasteiger partial charge in [-0.15, -0.1) is 12.4 Å². The number of hydrogen-bond donors (Lipinski definition) is 2. The lowest BCUT2D eigenvalue weighted by molar-refractivity contribution is -0.124. The number of fused-ring (bicyclic) bond motifs is 1. The van der Waals surface area contributed by atoms with Gasteiger partial charge < -0.3 is 20.1 Å². The highest BCUT2D eigenvalue weighted by molar-refractivity contribution is 6.07. The molecule has 1 saturated carbocycles. The summed E-state index contributed by atoms with van der Waals surface area (Å²) in [6.45, 7) is 2.02. The Kier molecular flexibility index (Phi) is 4.36. The van der Waals surface area contributed by atoms with Gasteiger partial charge in [-0.25, -0.2) is 0 Å². The molecule has 2 aliphatic heterocycles. The molecule has 26 heavy (non-hydrogen) atoms. The maximum atomic E-state index is 13.4. The Morgan fingerprint density at radius 2 is 2.00 bits per heavy atom. The minimum atomic E-state index is -0.539. The predicted octanol–water partition coefficient (Wildman–Crippen LogP) is 2.45. The van der Waals surface area contributed by atoms with Crippen molar-refractivity contribution in [2.24, 2.45) is 0 Å². The smallest absolute Gasteiger partial charge is 0.253 e. The van der Waals surface area contributed by atoms with Gasteiger partial charge in [0.2, 0.25) is 5.89 Å². The van der Waals surface area contributed by atoms with Crippen LogP contribution < -0.4 is 15.5 Å². The van der Waals surface area contributed by atoms with E-state index in [1.165, 1.54) is 0 Å². The molecule has 3 aliphatic rings. The minimum absolute atomic E-state index is 0. The summed E-state index contributed by atoms with van der Waals surface area (Å²) in [6, 6.07) is 7.95. The SMILES string of the molecule is Cl.O=C1N(Cc2noc(C3CC3)n2)c2ccccc2NC12CCNCC2. The Morgan fingerprint density at radius 1 is 1.23 bits per heavy atom. The average Bonchev–Trinajstić information content (AvgIpc) is 3.39. The van der Waals surface area contributed by atoms with Crippen LogP contribution in [0.1, 0.15) is 43.3 Å². The first-order valence-electron chi connectivity index (χ1n) is 8.98. The van der Waals surface area contributed by atoms with Crippen molar-refractivity contribution in [1.82, 2.24) is 15.5 Å². The van der Waals surface area contributed by atoms with E-state index >= 15 is 0 Å². The molecule has 0 atom stereocenters. The third kappa shape index (κ3) is 2.85. The van der Waals surface area contributed by atoms with Crippen LogP contribution in [0.25, 0.3) is 0 Å². The number of carbonyl (C=O) groups is 1. The second-order valence-corrected chi connectivity index (χ2v) is 7.19. The summed E-state index contributed by atoms with van der Waals surface area (Å²) < 4.78 is 5.37. The van der Waals surface area contributed by atoms with Crippen LogP contribution in [-0.4, -0.2) is 34.7 Å².